The van der Waals surface area contributed by atoms with Gasteiger partial charge in [0, 0.05) is 36.9 Å². The van der Waals surface area contributed by atoms with Gasteiger partial charge in [-0.3, -0.25) is 9.36 Å². The van der Waals surface area contributed by atoms with Crippen molar-refractivity contribution < 1.29 is 4.74 Å². The summed E-state index contributed by atoms with van der Waals surface area (Å²) in [5.41, 5.74) is 1.46. The fourth-order valence-electron chi connectivity index (χ4n) is 2.55. The average Bonchev–Trinajstić information content (AvgIpc) is 2.39. The maximum absolute atomic E-state index is 12.3. The predicted octanol–water partition coefficient (Wildman–Crippen LogP) is 2.10. The molecule has 0 unspecified atom stereocenters. The standard InChI is InChI=1S/C13H14ClN3O2/c1-8-6-11(18)17(9-2-4-19-5-3-9)12-10(8)7-15-13(14)16-12/h6-7,9H,2-5H2,1H3. The molecule has 0 radical (unpaired) electrons. The van der Waals surface area contributed by atoms with Crippen molar-refractivity contribution in [3.05, 3.63) is 33.5 Å². The molecule has 0 N–H and O–H groups in total. The molecule has 6 heteroatoms. The summed E-state index contributed by atoms with van der Waals surface area (Å²) in [5, 5.41) is 1.04. The SMILES string of the molecule is Cc1cc(=O)n(C2CCOCC2)c2nc(Cl)ncc12. The van der Waals surface area contributed by atoms with Crippen LogP contribution < -0.4 is 5.56 Å². The number of hydrogen-bond acceptors (Lipinski definition) is 4. The number of halogens is 1. The van der Waals surface area contributed by atoms with E-state index < -0.39 is 0 Å². The highest BCUT2D eigenvalue weighted by molar-refractivity contribution is 6.28. The summed E-state index contributed by atoms with van der Waals surface area (Å²) in [7, 11) is 0. The molecule has 0 aromatic carbocycles. The number of aromatic nitrogens is 3. The van der Waals surface area contributed by atoms with Gasteiger partial charge < -0.3 is 4.74 Å². The minimum Gasteiger partial charge on any atom is -0.381 e. The van der Waals surface area contributed by atoms with Crippen molar-refractivity contribution in [2.24, 2.45) is 0 Å². The monoisotopic (exact) mass is 279 g/mol. The van der Waals surface area contributed by atoms with E-state index in [9.17, 15) is 4.79 Å². The minimum atomic E-state index is -0.0355. The Bertz CT molecular complexity index is 677. The molecule has 0 spiro atoms. The zero-order valence-corrected chi connectivity index (χ0v) is 11.4. The number of nitrogens with zero attached hydrogens (tertiary/aromatic N) is 3. The Balaban J connectivity index is 2.27. The van der Waals surface area contributed by atoms with Crippen molar-refractivity contribution in [1.82, 2.24) is 14.5 Å². The van der Waals surface area contributed by atoms with Crippen molar-refractivity contribution in [3.63, 3.8) is 0 Å². The van der Waals surface area contributed by atoms with Gasteiger partial charge in [-0.2, -0.15) is 4.98 Å². The van der Waals surface area contributed by atoms with Crippen LogP contribution in [0.3, 0.4) is 0 Å². The van der Waals surface area contributed by atoms with Crippen molar-refractivity contribution in [3.8, 4) is 0 Å². The van der Waals surface area contributed by atoms with E-state index in [4.69, 9.17) is 16.3 Å². The molecule has 0 aliphatic carbocycles. The Morgan fingerprint density at radius 1 is 1.42 bits per heavy atom. The quantitative estimate of drug-likeness (QED) is 0.750. The molecular formula is C13H14ClN3O2. The van der Waals surface area contributed by atoms with Crippen LogP contribution in [0.25, 0.3) is 11.0 Å². The molecule has 2 aromatic rings. The van der Waals surface area contributed by atoms with E-state index in [1.54, 1.807) is 16.8 Å². The van der Waals surface area contributed by atoms with Gasteiger partial charge in [0.1, 0.15) is 5.65 Å². The van der Waals surface area contributed by atoms with Gasteiger partial charge in [-0.05, 0) is 36.9 Å². The van der Waals surface area contributed by atoms with Crippen LogP contribution in [-0.2, 0) is 4.74 Å². The third-order valence-corrected chi connectivity index (χ3v) is 3.71. The second-order valence-corrected chi connectivity index (χ2v) is 5.09. The first-order valence-electron chi connectivity index (χ1n) is 6.29. The molecule has 3 heterocycles. The topological polar surface area (TPSA) is 57.0 Å². The number of rotatable bonds is 1. The van der Waals surface area contributed by atoms with Crippen LogP contribution in [-0.4, -0.2) is 27.7 Å². The van der Waals surface area contributed by atoms with Crippen LogP contribution in [0.2, 0.25) is 5.28 Å². The summed E-state index contributed by atoms with van der Waals surface area (Å²) in [6.45, 7) is 3.23. The lowest BCUT2D eigenvalue weighted by Gasteiger charge is -2.25. The van der Waals surface area contributed by atoms with Gasteiger partial charge >= 0.3 is 0 Å². The third-order valence-electron chi connectivity index (χ3n) is 3.53. The molecule has 1 saturated heterocycles. The van der Waals surface area contributed by atoms with E-state index in [0.29, 0.717) is 18.9 Å². The molecule has 5 nitrogen and oxygen atoms in total. The summed E-state index contributed by atoms with van der Waals surface area (Å²) in [5.74, 6) is 0. The normalized spacial score (nSPS) is 16.9. The van der Waals surface area contributed by atoms with Crippen molar-refractivity contribution in [2.45, 2.75) is 25.8 Å². The number of aryl methyl sites for hydroxylation is 1. The summed E-state index contributed by atoms with van der Waals surface area (Å²) in [6.07, 6.45) is 3.31. The number of hydrogen-bond donors (Lipinski definition) is 0. The largest absolute Gasteiger partial charge is 0.381 e. The lowest BCUT2D eigenvalue weighted by Crippen LogP contribution is -2.30. The summed E-state index contributed by atoms with van der Waals surface area (Å²) < 4.78 is 7.08. The lowest BCUT2D eigenvalue weighted by atomic mass is 10.1. The van der Waals surface area contributed by atoms with Crippen LogP contribution >= 0.6 is 11.6 Å². The fraction of sp³-hybridized carbons (Fsp3) is 0.462. The van der Waals surface area contributed by atoms with Gasteiger partial charge in [0.25, 0.3) is 5.56 Å². The Labute approximate surface area is 115 Å². The summed E-state index contributed by atoms with van der Waals surface area (Å²) in [4.78, 5) is 20.5. The molecular weight excluding hydrogens is 266 g/mol. The first kappa shape index (κ1) is 12.6. The second kappa shape index (κ2) is 4.90. The number of fused-ring (bicyclic) bond motifs is 1. The smallest absolute Gasteiger partial charge is 0.252 e. The van der Waals surface area contributed by atoms with Crippen LogP contribution in [0, 0.1) is 6.92 Å². The molecule has 0 amide bonds. The first-order chi connectivity index (χ1) is 9.16. The Morgan fingerprint density at radius 2 is 2.16 bits per heavy atom. The molecule has 2 aromatic heterocycles. The highest BCUT2D eigenvalue weighted by Gasteiger charge is 2.20. The van der Waals surface area contributed by atoms with Crippen LogP contribution in [0.5, 0.6) is 0 Å². The van der Waals surface area contributed by atoms with Gasteiger partial charge in [-0.25, -0.2) is 4.98 Å². The first-order valence-corrected chi connectivity index (χ1v) is 6.67. The van der Waals surface area contributed by atoms with E-state index in [0.717, 1.165) is 23.8 Å². The molecule has 1 aliphatic heterocycles. The fourth-order valence-corrected chi connectivity index (χ4v) is 2.68. The Kier molecular flexibility index (Phi) is 3.24. The molecule has 3 rings (SSSR count). The zero-order valence-electron chi connectivity index (χ0n) is 10.6. The molecule has 0 saturated carbocycles. The van der Waals surface area contributed by atoms with E-state index in [-0.39, 0.29) is 16.9 Å². The molecule has 100 valence electrons. The molecule has 1 fully saturated rings. The second-order valence-electron chi connectivity index (χ2n) is 4.76. The Morgan fingerprint density at radius 3 is 2.89 bits per heavy atom. The van der Waals surface area contributed by atoms with Crippen LogP contribution in [0.1, 0.15) is 24.4 Å². The summed E-state index contributed by atoms with van der Waals surface area (Å²) >= 11 is 5.87. The molecule has 19 heavy (non-hydrogen) atoms. The van der Waals surface area contributed by atoms with E-state index >= 15 is 0 Å². The minimum absolute atomic E-state index is 0.0355. The van der Waals surface area contributed by atoms with Gasteiger partial charge in [-0.15, -0.1) is 0 Å². The summed E-state index contributed by atoms with van der Waals surface area (Å²) in [6, 6.07) is 1.75. The maximum atomic E-state index is 12.3. The lowest BCUT2D eigenvalue weighted by molar-refractivity contribution is 0.0697. The average molecular weight is 280 g/mol. The highest BCUT2D eigenvalue weighted by Crippen LogP contribution is 2.24. The highest BCUT2D eigenvalue weighted by atomic mass is 35.5. The predicted molar refractivity (Wildman–Crippen MR) is 72.6 cm³/mol. The van der Waals surface area contributed by atoms with Crippen LogP contribution in [0.4, 0.5) is 0 Å². The van der Waals surface area contributed by atoms with Gasteiger partial charge in [0.05, 0.1) is 0 Å². The maximum Gasteiger partial charge on any atom is 0.252 e. The van der Waals surface area contributed by atoms with Crippen molar-refractivity contribution in [2.75, 3.05) is 13.2 Å². The third kappa shape index (κ3) is 2.24. The molecule has 0 bridgehead atoms. The van der Waals surface area contributed by atoms with E-state index in [1.807, 2.05) is 6.92 Å². The number of ether oxygens (including phenoxy) is 1. The zero-order chi connectivity index (χ0) is 13.4. The molecule has 0 atom stereocenters. The van der Waals surface area contributed by atoms with E-state index in [1.165, 1.54) is 0 Å². The number of pyridine rings is 1. The van der Waals surface area contributed by atoms with Gasteiger partial charge in [-0.1, -0.05) is 0 Å². The van der Waals surface area contributed by atoms with Gasteiger partial charge in [0.2, 0.25) is 5.28 Å². The molecule has 1 aliphatic rings. The van der Waals surface area contributed by atoms with Gasteiger partial charge in [0.15, 0.2) is 0 Å². The van der Waals surface area contributed by atoms with E-state index in [2.05, 4.69) is 9.97 Å². The van der Waals surface area contributed by atoms with Crippen molar-refractivity contribution in [1.29, 1.82) is 0 Å². The van der Waals surface area contributed by atoms with Crippen molar-refractivity contribution >= 4 is 22.6 Å². The van der Waals surface area contributed by atoms with Crippen LogP contribution in [0.15, 0.2) is 17.1 Å². The Hall–Kier alpha value is -1.46.